The first-order valence-corrected chi connectivity index (χ1v) is 8.50. The Bertz CT molecular complexity index is 365. The van der Waals surface area contributed by atoms with E-state index < -0.39 is 0 Å². The quantitative estimate of drug-likeness (QED) is 0.427. The number of hydrogen-bond acceptors (Lipinski definition) is 2. The molecule has 0 radical (unpaired) electrons. The van der Waals surface area contributed by atoms with Gasteiger partial charge in [-0.1, -0.05) is 12.8 Å². The number of carbonyl (C=O) groups is 1. The van der Waals surface area contributed by atoms with Gasteiger partial charge in [-0.05, 0) is 44.4 Å². The topological polar surface area (TPSA) is 70.7 Å². The molecule has 1 amide bonds. The Morgan fingerprint density at radius 3 is 2.81 bits per heavy atom. The number of nitrogens with two attached hydrogens (primary N) is 1. The number of guanidine groups is 1. The molecule has 3 N–H and O–H groups in total. The maximum Gasteiger partial charge on any atom is 0.217 e. The molecule has 1 aliphatic carbocycles. The fourth-order valence-electron chi connectivity index (χ4n) is 3.11. The Kier molecular flexibility index (Phi) is 6.33. The zero-order valence-electron chi connectivity index (χ0n) is 13.3. The van der Waals surface area contributed by atoms with Crippen molar-refractivity contribution in [1.29, 1.82) is 0 Å². The third-order valence-electron chi connectivity index (χ3n) is 4.37. The number of aliphatic imine (C=N–C) groups is 1. The lowest BCUT2D eigenvalue weighted by Crippen LogP contribution is -2.47. The highest BCUT2D eigenvalue weighted by molar-refractivity contribution is 5.80. The van der Waals surface area contributed by atoms with E-state index in [1.165, 1.54) is 25.7 Å². The monoisotopic (exact) mass is 294 g/mol. The SMILES string of the molecule is CCNC(=NCCCC1CC1)N1CCCC(CC(N)=O)C1. The van der Waals surface area contributed by atoms with E-state index in [0.29, 0.717) is 12.3 Å². The van der Waals surface area contributed by atoms with Crippen LogP contribution < -0.4 is 11.1 Å². The minimum absolute atomic E-state index is 0.187. The standard InChI is InChI=1S/C16H30N4O/c1-2-18-16(19-9-3-5-13-7-8-13)20-10-4-6-14(12-20)11-15(17)21/h13-14H,2-12H2,1H3,(H2,17,21)(H,18,19). The van der Waals surface area contributed by atoms with Gasteiger partial charge in [0.2, 0.25) is 5.91 Å². The predicted molar refractivity (Wildman–Crippen MR) is 86.0 cm³/mol. The lowest BCUT2D eigenvalue weighted by atomic mass is 9.95. The van der Waals surface area contributed by atoms with Gasteiger partial charge in [-0.3, -0.25) is 9.79 Å². The molecule has 0 bridgehead atoms. The summed E-state index contributed by atoms with van der Waals surface area (Å²) in [6.45, 7) is 5.83. The number of primary amides is 1. The van der Waals surface area contributed by atoms with Crippen LogP contribution in [0.25, 0.3) is 0 Å². The summed E-state index contributed by atoms with van der Waals surface area (Å²) in [6.07, 6.45) is 8.07. The molecule has 21 heavy (non-hydrogen) atoms. The van der Waals surface area contributed by atoms with Crippen LogP contribution in [0, 0.1) is 11.8 Å². The number of hydrogen-bond donors (Lipinski definition) is 2. The van der Waals surface area contributed by atoms with Gasteiger partial charge in [-0.2, -0.15) is 0 Å². The van der Waals surface area contributed by atoms with E-state index in [0.717, 1.165) is 50.9 Å². The lowest BCUT2D eigenvalue weighted by molar-refractivity contribution is -0.119. The molecule has 0 spiro atoms. The number of rotatable bonds is 7. The molecule has 1 aliphatic heterocycles. The third-order valence-corrected chi connectivity index (χ3v) is 4.37. The zero-order chi connectivity index (χ0) is 15.1. The Hall–Kier alpha value is -1.26. The fourth-order valence-corrected chi connectivity index (χ4v) is 3.11. The van der Waals surface area contributed by atoms with E-state index in [9.17, 15) is 4.79 Å². The molecule has 2 aliphatic rings. The van der Waals surface area contributed by atoms with Crippen molar-refractivity contribution in [3.05, 3.63) is 0 Å². The van der Waals surface area contributed by atoms with E-state index in [4.69, 9.17) is 10.7 Å². The van der Waals surface area contributed by atoms with Gasteiger partial charge < -0.3 is 16.0 Å². The molecule has 1 atom stereocenters. The first-order chi connectivity index (χ1) is 10.2. The van der Waals surface area contributed by atoms with Crippen molar-refractivity contribution in [2.24, 2.45) is 22.6 Å². The summed E-state index contributed by atoms with van der Waals surface area (Å²) in [7, 11) is 0. The van der Waals surface area contributed by atoms with E-state index >= 15 is 0 Å². The molecule has 5 heteroatoms. The van der Waals surface area contributed by atoms with Gasteiger partial charge in [-0.25, -0.2) is 0 Å². The molecule has 1 heterocycles. The normalized spacial score (nSPS) is 23.2. The second-order valence-corrected chi connectivity index (χ2v) is 6.45. The van der Waals surface area contributed by atoms with Crippen LogP contribution in [0.3, 0.4) is 0 Å². The molecule has 5 nitrogen and oxygen atoms in total. The first-order valence-electron chi connectivity index (χ1n) is 8.50. The maximum absolute atomic E-state index is 11.1. The van der Waals surface area contributed by atoms with Crippen molar-refractivity contribution in [1.82, 2.24) is 10.2 Å². The highest BCUT2D eigenvalue weighted by Gasteiger charge is 2.23. The molecule has 0 aromatic carbocycles. The largest absolute Gasteiger partial charge is 0.370 e. The molecular weight excluding hydrogens is 264 g/mol. The third kappa shape index (κ3) is 5.94. The molecule has 2 rings (SSSR count). The first kappa shape index (κ1) is 16.1. The van der Waals surface area contributed by atoms with Crippen LogP contribution in [0.2, 0.25) is 0 Å². The number of piperidine rings is 1. The summed E-state index contributed by atoms with van der Waals surface area (Å²) in [4.78, 5) is 18.2. The molecule has 0 aromatic rings. The van der Waals surface area contributed by atoms with Gasteiger partial charge in [0, 0.05) is 32.6 Å². The highest BCUT2D eigenvalue weighted by atomic mass is 16.1. The highest BCUT2D eigenvalue weighted by Crippen LogP contribution is 2.33. The summed E-state index contributed by atoms with van der Waals surface area (Å²) in [5, 5.41) is 3.39. The van der Waals surface area contributed by atoms with Crippen molar-refractivity contribution in [2.75, 3.05) is 26.2 Å². The summed E-state index contributed by atoms with van der Waals surface area (Å²) >= 11 is 0. The molecule has 0 aromatic heterocycles. The number of likely N-dealkylation sites (tertiary alicyclic amines) is 1. The van der Waals surface area contributed by atoms with Crippen molar-refractivity contribution < 1.29 is 4.79 Å². The van der Waals surface area contributed by atoms with E-state index in [2.05, 4.69) is 17.1 Å². The average molecular weight is 294 g/mol. The van der Waals surface area contributed by atoms with Crippen LogP contribution in [0.5, 0.6) is 0 Å². The van der Waals surface area contributed by atoms with Gasteiger partial charge in [0.05, 0.1) is 0 Å². The average Bonchev–Trinajstić information content (AvgIpc) is 3.26. The summed E-state index contributed by atoms with van der Waals surface area (Å²) in [5.74, 6) is 2.19. The van der Waals surface area contributed by atoms with Gasteiger partial charge >= 0.3 is 0 Å². The van der Waals surface area contributed by atoms with Gasteiger partial charge in [0.25, 0.3) is 0 Å². The predicted octanol–water partition coefficient (Wildman–Crippen LogP) is 1.73. The summed E-state index contributed by atoms with van der Waals surface area (Å²) in [6, 6.07) is 0. The van der Waals surface area contributed by atoms with Crippen molar-refractivity contribution in [3.63, 3.8) is 0 Å². The Labute approximate surface area is 128 Å². The Morgan fingerprint density at radius 2 is 2.14 bits per heavy atom. The van der Waals surface area contributed by atoms with Crippen molar-refractivity contribution in [3.8, 4) is 0 Å². The van der Waals surface area contributed by atoms with Crippen molar-refractivity contribution >= 4 is 11.9 Å². The van der Waals surface area contributed by atoms with Crippen LogP contribution in [0.15, 0.2) is 4.99 Å². The van der Waals surface area contributed by atoms with Gasteiger partial charge in [-0.15, -0.1) is 0 Å². The molecule has 120 valence electrons. The van der Waals surface area contributed by atoms with E-state index in [1.807, 2.05) is 0 Å². The van der Waals surface area contributed by atoms with Crippen LogP contribution in [-0.4, -0.2) is 42.9 Å². The van der Waals surface area contributed by atoms with Crippen LogP contribution in [0.1, 0.15) is 51.9 Å². The molecule has 1 saturated carbocycles. The maximum atomic E-state index is 11.1. The van der Waals surface area contributed by atoms with Crippen LogP contribution in [-0.2, 0) is 4.79 Å². The second kappa shape index (κ2) is 8.25. The second-order valence-electron chi connectivity index (χ2n) is 6.45. The molecule has 2 fully saturated rings. The minimum atomic E-state index is -0.187. The van der Waals surface area contributed by atoms with Gasteiger partial charge in [0.1, 0.15) is 0 Å². The number of nitrogens with zero attached hydrogens (tertiary/aromatic N) is 2. The van der Waals surface area contributed by atoms with Crippen LogP contribution >= 0.6 is 0 Å². The number of amides is 1. The molecule has 1 saturated heterocycles. The van der Waals surface area contributed by atoms with Gasteiger partial charge in [0.15, 0.2) is 5.96 Å². The van der Waals surface area contributed by atoms with E-state index in [-0.39, 0.29) is 5.91 Å². The summed E-state index contributed by atoms with van der Waals surface area (Å²) < 4.78 is 0. The number of nitrogens with one attached hydrogen (secondary N) is 1. The minimum Gasteiger partial charge on any atom is -0.370 e. The lowest BCUT2D eigenvalue weighted by Gasteiger charge is -2.34. The summed E-state index contributed by atoms with van der Waals surface area (Å²) in [5.41, 5.74) is 5.33. The van der Waals surface area contributed by atoms with Crippen molar-refractivity contribution in [2.45, 2.75) is 51.9 Å². The molecular formula is C16H30N4O. The molecule has 1 unspecified atom stereocenters. The number of carbonyl (C=O) groups excluding carboxylic acids is 1. The smallest absolute Gasteiger partial charge is 0.217 e. The van der Waals surface area contributed by atoms with Crippen LogP contribution in [0.4, 0.5) is 0 Å². The van der Waals surface area contributed by atoms with E-state index in [1.54, 1.807) is 0 Å². The Balaban J connectivity index is 1.82. The fraction of sp³-hybridized carbons (Fsp3) is 0.875. The Morgan fingerprint density at radius 1 is 1.33 bits per heavy atom. The zero-order valence-corrected chi connectivity index (χ0v) is 13.3.